The monoisotopic (exact) mass is 1350 g/mol. The van der Waals surface area contributed by atoms with E-state index in [-0.39, 0.29) is 35.5 Å². The SMILES string of the molecule is CC1OC(OC2C(OC(=O)C34CCC(C)(C)CC3C3=CCC5C6(C)CCC(OC7OC(C(=O)O)C(O)C(OC8OC(CO)C(O)C(O)C8O)C7O)C(C)(C)C6CCC5(C)C3(C)CC4O)OCC(O)C2O)C(O)C(O)C1OC1OCC(O)C(OC2OCC(O)C(O)C2O)C1O. The summed E-state index contributed by atoms with van der Waals surface area (Å²) < 4.78 is 70.4. The number of carboxylic acids is 1. The van der Waals surface area contributed by atoms with Gasteiger partial charge in [0.1, 0.15) is 115 Å². The number of ether oxygens (including phenoxy) is 12. The predicted octanol–water partition coefficient (Wildman–Crippen LogP) is -4.38. The van der Waals surface area contributed by atoms with Gasteiger partial charge in [0.15, 0.2) is 43.7 Å². The fraction of sp³-hybridized carbons (Fsp3) is 0.937. The highest BCUT2D eigenvalue weighted by Gasteiger charge is 2.72. The maximum absolute atomic E-state index is 15.5. The normalized spacial score (nSPS) is 54.2. The smallest absolute Gasteiger partial charge is 0.335 e. The molecule has 11 aliphatic rings. The molecule has 538 valence electrons. The first-order valence-electron chi connectivity index (χ1n) is 33.0. The number of fused-ring (bicyclic) bond motifs is 7. The van der Waals surface area contributed by atoms with E-state index in [0.717, 1.165) is 5.57 Å². The van der Waals surface area contributed by atoms with Crippen LogP contribution < -0.4 is 0 Å². The van der Waals surface area contributed by atoms with Gasteiger partial charge in [-0.05, 0) is 110 Å². The molecule has 11 rings (SSSR count). The highest BCUT2D eigenvalue weighted by molar-refractivity contribution is 5.80. The van der Waals surface area contributed by atoms with Crippen LogP contribution in [-0.4, -0.2) is 303 Å². The quantitative estimate of drug-likeness (QED) is 0.0444. The van der Waals surface area contributed by atoms with Crippen LogP contribution in [0.5, 0.6) is 0 Å². The molecule has 5 aliphatic carbocycles. The Bertz CT molecular complexity index is 2710. The van der Waals surface area contributed by atoms with Crippen molar-refractivity contribution >= 4 is 11.9 Å². The van der Waals surface area contributed by atoms with Crippen LogP contribution >= 0.6 is 0 Å². The number of aliphatic hydroxyl groups excluding tert-OH is 16. The zero-order chi connectivity index (χ0) is 68.6. The Morgan fingerprint density at radius 1 is 0.521 bits per heavy atom. The van der Waals surface area contributed by atoms with Gasteiger partial charge in [0.05, 0.1) is 44.7 Å². The molecule has 6 heterocycles. The van der Waals surface area contributed by atoms with Gasteiger partial charge < -0.3 is 144 Å². The van der Waals surface area contributed by atoms with Gasteiger partial charge in [0.2, 0.25) is 6.29 Å². The number of hydrogen-bond donors (Lipinski definition) is 17. The van der Waals surface area contributed by atoms with Crippen LogP contribution in [0.4, 0.5) is 0 Å². The number of aliphatic hydroxyl groups is 16. The second kappa shape index (κ2) is 26.8. The zero-order valence-corrected chi connectivity index (χ0v) is 54.1. The molecular weight excluding hydrogens is 1250 g/mol. The van der Waals surface area contributed by atoms with Gasteiger partial charge in [-0.1, -0.05) is 60.1 Å². The van der Waals surface area contributed by atoms with Gasteiger partial charge >= 0.3 is 11.9 Å². The third kappa shape index (κ3) is 12.3. The van der Waals surface area contributed by atoms with E-state index in [1.807, 2.05) is 0 Å². The summed E-state index contributed by atoms with van der Waals surface area (Å²) in [6.45, 7) is 14.3. The van der Waals surface area contributed by atoms with Crippen molar-refractivity contribution in [3.05, 3.63) is 11.6 Å². The van der Waals surface area contributed by atoms with E-state index < -0.39 is 244 Å². The van der Waals surface area contributed by atoms with E-state index in [0.29, 0.717) is 44.9 Å². The van der Waals surface area contributed by atoms with E-state index in [1.54, 1.807) is 0 Å². The molecule has 0 aromatic heterocycles. The van der Waals surface area contributed by atoms with Crippen LogP contribution in [0.1, 0.15) is 113 Å². The molecule has 94 heavy (non-hydrogen) atoms. The number of esters is 1. The Balaban J connectivity index is 0.784. The molecule has 17 N–H and O–H groups in total. The highest BCUT2D eigenvalue weighted by atomic mass is 16.8. The number of rotatable bonds is 14. The summed E-state index contributed by atoms with van der Waals surface area (Å²) >= 11 is 0. The maximum Gasteiger partial charge on any atom is 0.335 e. The number of carbonyl (C=O) groups excluding carboxylic acids is 1. The first kappa shape index (κ1) is 72.8. The van der Waals surface area contributed by atoms with Crippen LogP contribution in [0.3, 0.4) is 0 Å². The second-order valence-electron chi connectivity index (χ2n) is 30.7. The molecule has 0 aromatic carbocycles. The summed E-state index contributed by atoms with van der Waals surface area (Å²) in [4.78, 5) is 28.1. The lowest BCUT2D eigenvalue weighted by Gasteiger charge is -2.71. The molecule has 6 aliphatic heterocycles. The largest absolute Gasteiger partial charge is 0.479 e. The minimum Gasteiger partial charge on any atom is -0.479 e. The minimum atomic E-state index is -2.03. The van der Waals surface area contributed by atoms with Gasteiger partial charge in [-0.25, -0.2) is 4.79 Å². The van der Waals surface area contributed by atoms with E-state index in [4.69, 9.17) is 56.8 Å². The molecule has 0 aromatic rings. The molecule has 0 radical (unpaired) electrons. The van der Waals surface area contributed by atoms with Gasteiger partial charge in [-0.2, -0.15) is 0 Å². The van der Waals surface area contributed by atoms with E-state index in [9.17, 15) is 91.6 Å². The van der Waals surface area contributed by atoms with Crippen molar-refractivity contribution in [2.75, 3.05) is 26.4 Å². The summed E-state index contributed by atoms with van der Waals surface area (Å²) in [5, 5.41) is 186. The molecule has 31 nitrogen and oxygen atoms in total. The molecule has 0 spiro atoms. The topological polar surface area (TPSA) is 489 Å². The summed E-state index contributed by atoms with van der Waals surface area (Å²) in [7, 11) is 0. The molecule has 4 saturated carbocycles. The van der Waals surface area contributed by atoms with Crippen molar-refractivity contribution in [3.8, 4) is 0 Å². The minimum absolute atomic E-state index is 0.0107. The van der Waals surface area contributed by atoms with E-state index in [1.165, 1.54) is 6.92 Å². The average molecular weight is 1350 g/mol. The van der Waals surface area contributed by atoms with E-state index in [2.05, 4.69) is 54.5 Å². The number of carboxylic acid groups (broad SMARTS) is 1. The first-order valence-corrected chi connectivity index (χ1v) is 33.0. The standard InChI is InChI=1S/C63H100O31/c1-23-45(89-52-43(78)46(28(67)22-84-52)90-51-39(74)34(69)26(65)20-83-51)38(73)41(76)53(86-23)93-49-35(70)27(66)21-85-56(49)94-57(82)63-16-15-58(2,3)17-25(63)24-9-10-31-60(6)13-12-33(59(4,5)30(60)11-14-61(31,7)62(24,8)18-32(63)68)88-55-44(79)47(42(77)48(92-55)50(80)81)91-54-40(75)37(72)36(71)29(19-64)87-54/h9,23,25-49,51-56,64-79H,10-22H2,1-8H3,(H,80,81). The van der Waals surface area contributed by atoms with Gasteiger partial charge in [0.25, 0.3) is 0 Å². The molecule has 36 unspecified atom stereocenters. The number of carbonyl (C=O) groups is 2. The Kier molecular flexibility index (Phi) is 20.8. The summed E-state index contributed by atoms with van der Waals surface area (Å²) in [5.41, 5.74) is -3.06. The zero-order valence-electron chi connectivity index (χ0n) is 54.1. The van der Waals surface area contributed by atoms with Crippen LogP contribution in [-0.2, 0) is 66.4 Å². The molecule has 0 amide bonds. The van der Waals surface area contributed by atoms with Gasteiger partial charge in [0, 0.05) is 0 Å². The highest BCUT2D eigenvalue weighted by Crippen LogP contribution is 2.76. The summed E-state index contributed by atoms with van der Waals surface area (Å²) in [6, 6.07) is 0. The fourth-order valence-electron chi connectivity index (χ4n) is 18.7. The summed E-state index contributed by atoms with van der Waals surface area (Å²) in [5.74, 6) is -3.03. The average Bonchev–Trinajstić information content (AvgIpc) is 0.672. The van der Waals surface area contributed by atoms with Gasteiger partial charge in [-0.3, -0.25) is 4.79 Å². The third-order valence-corrected chi connectivity index (χ3v) is 24.4. The first-order chi connectivity index (χ1) is 44.0. The fourth-order valence-corrected chi connectivity index (χ4v) is 18.7. The van der Waals surface area contributed by atoms with Crippen molar-refractivity contribution in [1.29, 1.82) is 0 Å². The Hall–Kier alpha value is -2.40. The lowest BCUT2D eigenvalue weighted by atomic mass is 9.33. The van der Waals surface area contributed by atoms with Crippen molar-refractivity contribution in [1.82, 2.24) is 0 Å². The maximum atomic E-state index is 15.5. The van der Waals surface area contributed by atoms with Crippen molar-refractivity contribution in [2.24, 2.45) is 50.2 Å². The third-order valence-electron chi connectivity index (χ3n) is 24.4. The molecule has 31 heteroatoms. The van der Waals surface area contributed by atoms with Crippen molar-refractivity contribution in [3.63, 3.8) is 0 Å². The van der Waals surface area contributed by atoms with E-state index >= 15 is 4.79 Å². The Labute approximate surface area is 543 Å². The van der Waals surface area contributed by atoms with Crippen molar-refractivity contribution in [2.45, 2.75) is 291 Å². The molecule has 36 atom stereocenters. The molecule has 6 saturated heterocycles. The number of aliphatic carboxylic acids is 1. The second-order valence-corrected chi connectivity index (χ2v) is 30.7. The Morgan fingerprint density at radius 3 is 1.76 bits per heavy atom. The van der Waals surface area contributed by atoms with Crippen LogP contribution in [0.25, 0.3) is 0 Å². The molecule has 10 fully saturated rings. The Morgan fingerprint density at radius 2 is 1.09 bits per heavy atom. The molecular formula is C63H100O31. The number of allylic oxidation sites excluding steroid dienone is 2. The van der Waals surface area contributed by atoms with Crippen molar-refractivity contribution < 1.29 is 153 Å². The molecule has 0 bridgehead atoms. The summed E-state index contributed by atoms with van der Waals surface area (Å²) in [6.07, 6.45) is -41.8. The van der Waals surface area contributed by atoms with Crippen LogP contribution in [0.15, 0.2) is 11.6 Å². The number of hydrogen-bond acceptors (Lipinski definition) is 30. The lowest BCUT2D eigenvalue weighted by Crippen LogP contribution is -2.68. The predicted molar refractivity (Wildman–Crippen MR) is 311 cm³/mol. The van der Waals surface area contributed by atoms with Crippen LogP contribution in [0, 0.1) is 50.2 Å². The van der Waals surface area contributed by atoms with Crippen LogP contribution in [0.2, 0.25) is 0 Å². The lowest BCUT2D eigenvalue weighted by molar-refractivity contribution is -0.375. The van der Waals surface area contributed by atoms with Gasteiger partial charge in [-0.15, -0.1) is 0 Å².